The zero-order valence-corrected chi connectivity index (χ0v) is 48.0. The van der Waals surface area contributed by atoms with Crippen molar-refractivity contribution < 1.29 is 28.8 Å². The smallest absolute Gasteiger partial charge is 0.332 e. The van der Waals surface area contributed by atoms with Crippen LogP contribution in [0.5, 0.6) is 5.88 Å². The van der Waals surface area contributed by atoms with Crippen molar-refractivity contribution in [2.75, 3.05) is 39.6 Å². The van der Waals surface area contributed by atoms with Crippen LogP contribution in [0, 0.1) is 11.8 Å². The number of ether oxygens (including phenoxy) is 5. The van der Waals surface area contributed by atoms with E-state index in [-0.39, 0.29) is 42.1 Å². The lowest BCUT2D eigenvalue weighted by atomic mass is 10.2. The van der Waals surface area contributed by atoms with Crippen molar-refractivity contribution in [1.82, 2.24) is 57.3 Å². The Morgan fingerprint density at radius 2 is 1.04 bits per heavy atom. The van der Waals surface area contributed by atoms with Crippen molar-refractivity contribution in [3.05, 3.63) is 143 Å². The molecule has 4 aliphatic rings. The number of fused-ring (bicyclic) bond motifs is 2. The van der Waals surface area contributed by atoms with Gasteiger partial charge < -0.3 is 37.9 Å². The molecule has 0 spiro atoms. The van der Waals surface area contributed by atoms with Crippen LogP contribution in [0.2, 0.25) is 5.15 Å². The molecule has 2 aliphatic heterocycles. The fourth-order valence-electron chi connectivity index (χ4n) is 10.1. The Labute approximate surface area is 484 Å². The Kier molecular flexibility index (Phi) is 20.2. The second-order valence-electron chi connectivity index (χ2n) is 21.2. The predicted octanol–water partition coefficient (Wildman–Crippen LogP) is 7.47. The molecule has 6 aromatic heterocycles. The van der Waals surface area contributed by atoms with E-state index in [0.29, 0.717) is 142 Å². The molecule has 0 amide bonds. The van der Waals surface area contributed by atoms with Gasteiger partial charge in [0.05, 0.1) is 19.8 Å². The first-order valence-corrected chi connectivity index (χ1v) is 29.6. The minimum atomic E-state index is -0.409. The third-order valence-corrected chi connectivity index (χ3v) is 15.3. The molecule has 0 bridgehead atoms. The minimum Gasteiger partial charge on any atom is -0.476 e. The first-order chi connectivity index (χ1) is 40.6. The minimum absolute atomic E-state index is 0.167. The van der Waals surface area contributed by atoms with Gasteiger partial charge in [-0.1, -0.05) is 72.3 Å². The van der Waals surface area contributed by atoms with Crippen molar-refractivity contribution in [3.63, 3.8) is 0 Å². The van der Waals surface area contributed by atoms with E-state index < -0.39 is 11.2 Å². The number of aliphatic hydroxyl groups excluding tert-OH is 1. The van der Waals surface area contributed by atoms with E-state index in [1.807, 2.05) is 79.1 Å². The molecule has 0 radical (unpaired) electrons. The number of nitrogens with zero attached hydrogens (tertiary/aromatic N) is 12. The van der Waals surface area contributed by atoms with Crippen LogP contribution >= 0.6 is 11.6 Å². The maximum absolute atomic E-state index is 14.0. The summed E-state index contributed by atoms with van der Waals surface area (Å²) in [4.78, 5) is 81.9. The molecule has 4 fully saturated rings. The standard InChI is InChI=1S/C30H36N6O5.C26H29ClN6O4.C4H8O/c1-2-34-27-25(29(37)35(30(34)38)16-8-18-40-23-11-6-7-17-39-23)36(19-21-9-4-3-5-10-21)26(33-27)24-28(32-15-14-31-24)41-20-22-12-13-22;1-2-31-24-21(25(34)32(26(31)35)14-8-16-37-19-11-6-7-15-36-19)33(17-18-9-4-3-5-10-18)23(30-24)20-22(27)29-13-12-28-20;5-3-4-1-2-4/h3-5,9-10,14-15,22-23H,2,6-8,11-13,16-20H2,1H3;3-5,9-10,12-13,19H,2,6-8,11,14-17H2,1H3;4-5H,1-3H2. The van der Waals surface area contributed by atoms with Crippen LogP contribution in [-0.2, 0) is 58.2 Å². The highest BCUT2D eigenvalue weighted by atomic mass is 35.5. The predicted molar refractivity (Wildman–Crippen MR) is 312 cm³/mol. The molecular formula is C60H73ClN12O10. The normalized spacial score (nSPS) is 17.0. The van der Waals surface area contributed by atoms with Gasteiger partial charge in [-0.25, -0.2) is 39.5 Å². The van der Waals surface area contributed by atoms with Crippen LogP contribution in [0.3, 0.4) is 0 Å². The molecule has 83 heavy (non-hydrogen) atoms. The molecule has 2 unspecified atom stereocenters. The van der Waals surface area contributed by atoms with E-state index in [1.165, 1.54) is 38.9 Å². The van der Waals surface area contributed by atoms with Crippen molar-refractivity contribution in [2.24, 2.45) is 11.8 Å². The number of imidazole rings is 2. The zero-order chi connectivity index (χ0) is 57.7. The molecule has 2 saturated carbocycles. The van der Waals surface area contributed by atoms with Gasteiger partial charge in [-0.3, -0.25) is 27.9 Å². The third-order valence-electron chi connectivity index (χ3n) is 15.0. The van der Waals surface area contributed by atoms with E-state index in [1.54, 1.807) is 21.5 Å². The second kappa shape index (κ2) is 28.4. The van der Waals surface area contributed by atoms with Crippen LogP contribution in [0.25, 0.3) is 45.4 Å². The Bertz CT molecular complexity index is 3670. The zero-order valence-electron chi connectivity index (χ0n) is 47.2. The molecule has 2 atom stereocenters. The van der Waals surface area contributed by atoms with Gasteiger partial charge in [-0.05, 0) is 114 Å². The average Bonchev–Trinajstić information content (AvgIpc) is 3.03. The average molecular weight is 1160 g/mol. The van der Waals surface area contributed by atoms with E-state index in [0.717, 1.165) is 62.5 Å². The molecule has 8 aromatic rings. The summed E-state index contributed by atoms with van der Waals surface area (Å²) in [5.74, 6) is 2.41. The molecular weight excluding hydrogens is 1080 g/mol. The van der Waals surface area contributed by atoms with Gasteiger partial charge >= 0.3 is 11.4 Å². The highest BCUT2D eigenvalue weighted by Gasteiger charge is 2.29. The van der Waals surface area contributed by atoms with Crippen molar-refractivity contribution in [1.29, 1.82) is 0 Å². The molecule has 1 N–H and O–H groups in total. The molecule has 2 saturated heterocycles. The van der Waals surface area contributed by atoms with Crippen molar-refractivity contribution in [2.45, 2.75) is 143 Å². The lowest BCUT2D eigenvalue weighted by molar-refractivity contribution is -0.163. The first kappa shape index (κ1) is 59.0. The Hall–Kier alpha value is -7.21. The van der Waals surface area contributed by atoms with Crippen LogP contribution < -0.4 is 27.2 Å². The number of aromatic nitrogens is 12. The maximum atomic E-state index is 14.0. The van der Waals surface area contributed by atoms with Gasteiger partial charge in [-0.2, -0.15) is 0 Å². The molecule has 2 aliphatic carbocycles. The summed E-state index contributed by atoms with van der Waals surface area (Å²) in [6.07, 6.45) is 17.5. The molecule has 2 aromatic carbocycles. The molecule has 23 heteroatoms. The summed E-state index contributed by atoms with van der Waals surface area (Å²) >= 11 is 6.38. The largest absolute Gasteiger partial charge is 0.476 e. The summed E-state index contributed by atoms with van der Waals surface area (Å²) in [7, 11) is 0. The molecule has 12 rings (SSSR count). The summed E-state index contributed by atoms with van der Waals surface area (Å²) in [5, 5.41) is 8.37. The summed E-state index contributed by atoms with van der Waals surface area (Å²) in [5.41, 5.74) is 2.44. The monoisotopic (exact) mass is 1160 g/mol. The third kappa shape index (κ3) is 14.4. The van der Waals surface area contributed by atoms with E-state index in [2.05, 4.69) is 19.9 Å². The summed E-state index contributed by atoms with van der Waals surface area (Å²) in [6.45, 7) is 8.76. The van der Waals surface area contributed by atoms with Gasteiger partial charge in [-0.15, -0.1) is 0 Å². The lowest BCUT2D eigenvalue weighted by Crippen LogP contribution is -2.40. The number of halogens is 1. The summed E-state index contributed by atoms with van der Waals surface area (Å²) in [6, 6.07) is 19.6. The number of aryl methyl sites for hydroxylation is 2. The van der Waals surface area contributed by atoms with Gasteiger partial charge in [0, 0.05) is 83.9 Å². The number of hydrogen-bond acceptors (Lipinski definition) is 16. The second-order valence-corrected chi connectivity index (χ2v) is 21.5. The highest BCUT2D eigenvalue weighted by molar-refractivity contribution is 6.31. The van der Waals surface area contributed by atoms with Crippen LogP contribution in [-0.4, -0.2) is 115 Å². The Balaban J connectivity index is 0.000000172. The number of hydrogen-bond donors (Lipinski definition) is 1. The SMILES string of the molecule is CCn1c(=O)n(CCCOC2CCCCO2)c(=O)c2c1nc(-c1nccnc1Cl)n2Cc1ccccc1.CCn1c(=O)n(CCCOC2CCCCO2)c(=O)c2c1nc(-c1nccnc1OCC1CC1)n2Cc1ccccc1.OCC1CC1. The lowest BCUT2D eigenvalue weighted by Gasteiger charge is -2.22. The van der Waals surface area contributed by atoms with Crippen LogP contribution in [0.1, 0.15) is 102 Å². The highest BCUT2D eigenvalue weighted by Crippen LogP contribution is 2.33. The van der Waals surface area contributed by atoms with Gasteiger partial charge in [0.15, 0.2) is 57.4 Å². The number of aliphatic hydroxyl groups is 1. The van der Waals surface area contributed by atoms with Gasteiger partial charge in [0.1, 0.15) is 5.69 Å². The van der Waals surface area contributed by atoms with E-state index >= 15 is 0 Å². The summed E-state index contributed by atoms with van der Waals surface area (Å²) < 4.78 is 38.2. The van der Waals surface area contributed by atoms with E-state index in [4.69, 9.17) is 50.4 Å². The quantitative estimate of drug-likeness (QED) is 0.0647. The number of rotatable bonds is 22. The molecule has 22 nitrogen and oxygen atoms in total. The van der Waals surface area contributed by atoms with Crippen molar-refractivity contribution >= 4 is 33.9 Å². The first-order valence-electron chi connectivity index (χ1n) is 29.2. The topological polar surface area (TPSA) is 242 Å². The molecule has 8 heterocycles. The Morgan fingerprint density at radius 3 is 1.47 bits per heavy atom. The Morgan fingerprint density at radius 1 is 0.566 bits per heavy atom. The number of benzene rings is 2. The van der Waals surface area contributed by atoms with Gasteiger partial charge in [0.2, 0.25) is 5.88 Å². The fourth-order valence-corrected chi connectivity index (χ4v) is 10.3. The molecule has 440 valence electrons. The van der Waals surface area contributed by atoms with Gasteiger partial charge in [0.25, 0.3) is 11.1 Å². The van der Waals surface area contributed by atoms with Crippen molar-refractivity contribution in [3.8, 4) is 28.9 Å². The fraction of sp³-hybridized carbons (Fsp3) is 0.500. The maximum Gasteiger partial charge on any atom is 0.332 e. The van der Waals surface area contributed by atoms with Crippen LogP contribution in [0.4, 0.5) is 0 Å². The van der Waals surface area contributed by atoms with Crippen LogP contribution in [0.15, 0.2) is 105 Å². The van der Waals surface area contributed by atoms with E-state index in [9.17, 15) is 19.2 Å².